The van der Waals surface area contributed by atoms with Crippen molar-refractivity contribution in [3.05, 3.63) is 18.2 Å². The first kappa shape index (κ1) is 15.0. The highest BCUT2D eigenvalue weighted by molar-refractivity contribution is 5.79. The van der Waals surface area contributed by atoms with Crippen LogP contribution in [-0.2, 0) is 17.8 Å². The third-order valence-corrected chi connectivity index (χ3v) is 4.64. The third kappa shape index (κ3) is 2.73. The Morgan fingerprint density at radius 1 is 1.65 bits per heavy atom. The molecule has 5 nitrogen and oxygen atoms in total. The van der Waals surface area contributed by atoms with Crippen LogP contribution in [0.25, 0.3) is 0 Å². The summed E-state index contributed by atoms with van der Waals surface area (Å²) >= 11 is 0. The molecule has 2 unspecified atom stereocenters. The van der Waals surface area contributed by atoms with Gasteiger partial charge in [0.05, 0.1) is 0 Å². The van der Waals surface area contributed by atoms with E-state index in [9.17, 15) is 9.90 Å². The third-order valence-electron chi connectivity index (χ3n) is 4.64. The number of carboxylic acids is 1. The van der Waals surface area contributed by atoms with E-state index in [2.05, 4.69) is 21.8 Å². The molecule has 0 spiro atoms. The van der Waals surface area contributed by atoms with Gasteiger partial charge in [-0.2, -0.15) is 0 Å². The second kappa shape index (κ2) is 6.39. The predicted molar refractivity (Wildman–Crippen MR) is 77.6 cm³/mol. The molecule has 1 aromatic rings. The number of aryl methyl sites for hydroxylation is 2. The average molecular weight is 279 g/mol. The minimum atomic E-state index is -0.731. The summed E-state index contributed by atoms with van der Waals surface area (Å²) in [6.07, 6.45) is 9.50. The smallest absolute Gasteiger partial charge is 0.324 e. The number of hydrogen-bond acceptors (Lipinski definition) is 3. The molecule has 1 aliphatic rings. The highest BCUT2D eigenvalue weighted by Gasteiger charge is 2.47. The maximum atomic E-state index is 11.6. The van der Waals surface area contributed by atoms with E-state index in [1.165, 1.54) is 0 Å². The maximum Gasteiger partial charge on any atom is 0.324 e. The zero-order valence-corrected chi connectivity index (χ0v) is 12.4. The van der Waals surface area contributed by atoms with Crippen LogP contribution >= 0.6 is 0 Å². The van der Waals surface area contributed by atoms with Gasteiger partial charge in [-0.25, -0.2) is 4.98 Å². The van der Waals surface area contributed by atoms with Crippen molar-refractivity contribution in [2.45, 2.75) is 57.5 Å². The summed E-state index contributed by atoms with van der Waals surface area (Å²) < 4.78 is 2.17. The number of hydrogen-bond donors (Lipinski definition) is 2. The number of imidazole rings is 1. The first-order valence-corrected chi connectivity index (χ1v) is 7.56. The molecule has 0 aromatic carbocycles. The highest BCUT2D eigenvalue weighted by atomic mass is 16.4. The Hall–Kier alpha value is -1.36. The molecule has 0 radical (unpaired) electrons. The molecule has 2 N–H and O–H groups in total. The number of carboxylic acid groups (broad SMARTS) is 1. The molecule has 0 bridgehead atoms. The summed E-state index contributed by atoms with van der Waals surface area (Å²) in [7, 11) is 1.77. The maximum absolute atomic E-state index is 11.6. The van der Waals surface area contributed by atoms with Gasteiger partial charge in [0.1, 0.15) is 11.4 Å². The lowest BCUT2D eigenvalue weighted by Gasteiger charge is -2.31. The number of rotatable bonds is 7. The Labute approximate surface area is 120 Å². The van der Waals surface area contributed by atoms with Gasteiger partial charge in [-0.15, -0.1) is 0 Å². The van der Waals surface area contributed by atoms with Gasteiger partial charge in [-0.05, 0) is 38.6 Å². The second-order valence-electron chi connectivity index (χ2n) is 5.69. The van der Waals surface area contributed by atoms with Crippen LogP contribution in [0, 0.1) is 5.92 Å². The summed E-state index contributed by atoms with van der Waals surface area (Å²) in [4.78, 5) is 16.0. The Balaban J connectivity index is 2.02. The van der Waals surface area contributed by atoms with Gasteiger partial charge >= 0.3 is 5.97 Å². The predicted octanol–water partition coefficient (Wildman–Crippen LogP) is 2.07. The highest BCUT2D eigenvalue weighted by Crippen LogP contribution is 2.38. The molecular formula is C15H25N3O2. The van der Waals surface area contributed by atoms with Crippen molar-refractivity contribution in [2.75, 3.05) is 7.05 Å². The van der Waals surface area contributed by atoms with E-state index < -0.39 is 11.5 Å². The average Bonchev–Trinajstić information content (AvgIpc) is 3.03. The molecule has 0 amide bonds. The number of aliphatic carboxylic acids is 1. The Morgan fingerprint density at radius 3 is 3.10 bits per heavy atom. The van der Waals surface area contributed by atoms with Crippen molar-refractivity contribution in [1.29, 1.82) is 0 Å². The summed E-state index contributed by atoms with van der Waals surface area (Å²) in [6.45, 7) is 3.00. The molecule has 112 valence electrons. The zero-order chi connectivity index (χ0) is 14.6. The molecule has 2 atom stereocenters. The summed E-state index contributed by atoms with van der Waals surface area (Å²) in [6, 6.07) is 0. The number of carbonyl (C=O) groups is 1. The van der Waals surface area contributed by atoms with Crippen LogP contribution in [0.1, 0.15) is 44.9 Å². The number of aromatic nitrogens is 2. The lowest BCUT2D eigenvalue weighted by molar-refractivity contribution is -0.146. The first-order valence-electron chi connectivity index (χ1n) is 7.56. The molecular weight excluding hydrogens is 254 g/mol. The van der Waals surface area contributed by atoms with Crippen LogP contribution in [0.4, 0.5) is 0 Å². The van der Waals surface area contributed by atoms with E-state index in [1.807, 2.05) is 12.4 Å². The van der Waals surface area contributed by atoms with Crippen molar-refractivity contribution < 1.29 is 9.90 Å². The molecule has 0 saturated heterocycles. The van der Waals surface area contributed by atoms with Gasteiger partial charge in [0.2, 0.25) is 0 Å². The van der Waals surface area contributed by atoms with E-state index in [1.54, 1.807) is 7.05 Å². The molecule has 1 heterocycles. The van der Waals surface area contributed by atoms with E-state index >= 15 is 0 Å². The summed E-state index contributed by atoms with van der Waals surface area (Å²) in [5, 5.41) is 12.6. The van der Waals surface area contributed by atoms with Crippen molar-refractivity contribution >= 4 is 5.97 Å². The van der Waals surface area contributed by atoms with Crippen LogP contribution in [-0.4, -0.2) is 33.2 Å². The van der Waals surface area contributed by atoms with Gasteiger partial charge in [0.15, 0.2) is 0 Å². The van der Waals surface area contributed by atoms with Crippen molar-refractivity contribution in [1.82, 2.24) is 14.9 Å². The van der Waals surface area contributed by atoms with Crippen LogP contribution in [0.15, 0.2) is 12.4 Å². The fraction of sp³-hybridized carbons (Fsp3) is 0.733. The number of likely N-dealkylation sites (N-methyl/N-ethyl adjacent to an activating group) is 1. The fourth-order valence-electron chi connectivity index (χ4n) is 3.48. The molecule has 1 fully saturated rings. The normalized spacial score (nSPS) is 26.0. The largest absolute Gasteiger partial charge is 0.480 e. The quantitative estimate of drug-likeness (QED) is 0.802. The lowest BCUT2D eigenvalue weighted by Crippen LogP contribution is -2.53. The summed E-state index contributed by atoms with van der Waals surface area (Å²) in [5.74, 6) is 0.597. The van der Waals surface area contributed by atoms with Crippen molar-refractivity contribution in [3.63, 3.8) is 0 Å². The van der Waals surface area contributed by atoms with Gasteiger partial charge in [0.25, 0.3) is 0 Å². The fourth-order valence-corrected chi connectivity index (χ4v) is 3.48. The number of nitrogens with zero attached hydrogens (tertiary/aromatic N) is 2. The van der Waals surface area contributed by atoms with Crippen LogP contribution in [0.3, 0.4) is 0 Å². The molecule has 20 heavy (non-hydrogen) atoms. The van der Waals surface area contributed by atoms with Crippen LogP contribution in [0.5, 0.6) is 0 Å². The van der Waals surface area contributed by atoms with E-state index in [0.29, 0.717) is 0 Å². The SMILES string of the molecule is CCCc1nccn1CCC1CCCC1(NC)C(=O)O. The summed E-state index contributed by atoms with van der Waals surface area (Å²) in [5.41, 5.74) is -0.731. The van der Waals surface area contributed by atoms with Gasteiger partial charge in [0, 0.05) is 25.4 Å². The zero-order valence-electron chi connectivity index (χ0n) is 12.4. The minimum Gasteiger partial charge on any atom is -0.480 e. The van der Waals surface area contributed by atoms with Crippen LogP contribution < -0.4 is 5.32 Å². The topological polar surface area (TPSA) is 67.2 Å². The van der Waals surface area contributed by atoms with E-state index in [4.69, 9.17) is 0 Å². The van der Waals surface area contributed by atoms with Crippen molar-refractivity contribution in [2.24, 2.45) is 5.92 Å². The molecule has 2 rings (SSSR count). The van der Waals surface area contributed by atoms with Gasteiger partial charge in [-0.1, -0.05) is 13.3 Å². The Kier molecular flexibility index (Phi) is 4.81. The van der Waals surface area contributed by atoms with E-state index in [0.717, 1.165) is 50.9 Å². The molecule has 5 heteroatoms. The minimum absolute atomic E-state index is 0.196. The van der Waals surface area contributed by atoms with Crippen molar-refractivity contribution in [3.8, 4) is 0 Å². The molecule has 1 aliphatic carbocycles. The van der Waals surface area contributed by atoms with E-state index in [-0.39, 0.29) is 5.92 Å². The number of nitrogens with one attached hydrogen (secondary N) is 1. The molecule has 1 aromatic heterocycles. The van der Waals surface area contributed by atoms with Gasteiger partial charge < -0.3 is 15.0 Å². The monoisotopic (exact) mass is 279 g/mol. The molecule has 0 aliphatic heterocycles. The Morgan fingerprint density at radius 2 is 2.45 bits per heavy atom. The molecule has 1 saturated carbocycles. The standard InChI is InChI=1S/C15H25N3O2/c1-3-5-13-17-9-11-18(13)10-7-12-6-4-8-15(12,16-2)14(19)20/h9,11-12,16H,3-8,10H2,1-2H3,(H,19,20). The second-order valence-corrected chi connectivity index (χ2v) is 5.69. The Bertz CT molecular complexity index is 458. The first-order chi connectivity index (χ1) is 9.64. The van der Waals surface area contributed by atoms with Crippen LogP contribution in [0.2, 0.25) is 0 Å². The van der Waals surface area contributed by atoms with Gasteiger partial charge in [-0.3, -0.25) is 4.79 Å². The lowest BCUT2D eigenvalue weighted by atomic mass is 9.84.